The van der Waals surface area contributed by atoms with Gasteiger partial charge in [0.25, 0.3) is 5.91 Å². The molecule has 1 unspecified atom stereocenters. The molecule has 0 saturated carbocycles. The molecule has 4 aromatic rings. The van der Waals surface area contributed by atoms with Gasteiger partial charge in [-0.3, -0.25) is 13.8 Å². The van der Waals surface area contributed by atoms with Gasteiger partial charge in [-0.15, -0.1) is 0 Å². The molecule has 1 aliphatic heterocycles. The van der Waals surface area contributed by atoms with Crippen LogP contribution >= 0.6 is 11.6 Å². The Bertz CT molecular complexity index is 1950. The number of aromatic hydroxyl groups is 1. The minimum absolute atomic E-state index is 0.114. The molecule has 0 aromatic heterocycles. The van der Waals surface area contributed by atoms with Crippen LogP contribution in [0.2, 0.25) is 5.02 Å². The Kier molecular flexibility index (Phi) is 12.2. The van der Waals surface area contributed by atoms with Crippen molar-refractivity contribution in [3.05, 3.63) is 99.6 Å². The summed E-state index contributed by atoms with van der Waals surface area (Å²) in [5.41, 5.74) is 3.35. The lowest BCUT2D eigenvalue weighted by atomic mass is 9.88. The Balaban J connectivity index is 1.43. The molecular formula is C39H42ClN3O6S. The van der Waals surface area contributed by atoms with Crippen LogP contribution in [0.4, 0.5) is 0 Å². The summed E-state index contributed by atoms with van der Waals surface area (Å²) in [6.07, 6.45) is 4.07. The lowest BCUT2D eigenvalue weighted by Crippen LogP contribution is -2.40. The number of methoxy groups -OCH3 is 2. The van der Waals surface area contributed by atoms with Crippen LogP contribution < -0.4 is 4.74 Å². The number of nitriles is 1. The first-order valence-corrected chi connectivity index (χ1v) is 18.5. The van der Waals surface area contributed by atoms with Gasteiger partial charge < -0.3 is 24.4 Å². The van der Waals surface area contributed by atoms with E-state index in [1.165, 1.54) is 19.1 Å². The second-order valence-corrected chi connectivity index (χ2v) is 14.5. The summed E-state index contributed by atoms with van der Waals surface area (Å²) in [4.78, 5) is 31.9. The van der Waals surface area contributed by atoms with E-state index in [-0.39, 0.29) is 47.6 Å². The molecule has 11 heteroatoms. The summed E-state index contributed by atoms with van der Waals surface area (Å²) < 4.78 is 23.1. The smallest absolute Gasteiger partial charge is 0.325 e. The van der Waals surface area contributed by atoms with Crippen molar-refractivity contribution in [2.24, 2.45) is 0 Å². The average Bonchev–Trinajstić information content (AvgIpc) is 3.12. The summed E-state index contributed by atoms with van der Waals surface area (Å²) in [5.74, 6) is -0.693. The van der Waals surface area contributed by atoms with E-state index < -0.39 is 22.7 Å². The number of carbonyl (C=O) groups excluding carboxylic acids is 2. The Morgan fingerprint density at radius 1 is 1.10 bits per heavy atom. The Morgan fingerprint density at radius 3 is 2.50 bits per heavy atom. The zero-order chi connectivity index (χ0) is 35.9. The maximum absolute atomic E-state index is 14.6. The number of aryl methyl sites for hydroxylation is 1. The molecule has 50 heavy (non-hydrogen) atoms. The topological polar surface area (TPSA) is 120 Å². The fourth-order valence-electron chi connectivity index (χ4n) is 6.84. The number of hydrogen-bond acceptors (Lipinski definition) is 8. The third-order valence-electron chi connectivity index (χ3n) is 9.61. The molecule has 1 fully saturated rings. The fraction of sp³-hybridized carbons (Fsp3) is 0.359. The van der Waals surface area contributed by atoms with E-state index in [2.05, 4.69) is 11.0 Å². The molecule has 1 amide bonds. The summed E-state index contributed by atoms with van der Waals surface area (Å²) in [6.45, 7) is 4.23. The lowest BCUT2D eigenvalue weighted by Gasteiger charge is -2.34. The molecule has 262 valence electrons. The number of halogens is 1. The van der Waals surface area contributed by atoms with Crippen molar-refractivity contribution >= 4 is 45.0 Å². The number of nitrogens with zero attached hydrogens (tertiary/aromatic N) is 3. The van der Waals surface area contributed by atoms with Gasteiger partial charge in [0.05, 0.1) is 36.1 Å². The van der Waals surface area contributed by atoms with Crippen molar-refractivity contribution in [2.45, 2.75) is 42.9 Å². The van der Waals surface area contributed by atoms with Gasteiger partial charge in [-0.25, -0.2) is 0 Å². The van der Waals surface area contributed by atoms with Crippen molar-refractivity contribution in [3.63, 3.8) is 0 Å². The van der Waals surface area contributed by atoms with E-state index in [1.807, 2.05) is 55.5 Å². The van der Waals surface area contributed by atoms with Gasteiger partial charge in [-0.2, -0.15) is 5.26 Å². The van der Waals surface area contributed by atoms with E-state index in [1.54, 1.807) is 24.5 Å². The monoisotopic (exact) mass is 715 g/mol. The maximum Gasteiger partial charge on any atom is 0.325 e. The molecule has 1 N–H and O–H groups in total. The number of phenols is 1. The van der Waals surface area contributed by atoms with Gasteiger partial charge in [-0.05, 0) is 103 Å². The van der Waals surface area contributed by atoms with Crippen LogP contribution in [0.15, 0.2) is 71.6 Å². The number of benzene rings is 4. The normalized spacial score (nSPS) is 14.9. The van der Waals surface area contributed by atoms with Crippen LogP contribution in [0.3, 0.4) is 0 Å². The first-order chi connectivity index (χ1) is 24.0. The molecule has 1 heterocycles. The standard InChI is InChI=1S/C39H42ClN3O6S/c1-25-9-10-27(20-34(25)40)29(15-18-42-16-13-26(14-17-42)32-12-11-31(44)21-35(32)50(4)47)23-43(24-36(45)48-2)39(46)37-33-8-6-5-7-28(33)19-30(22-41)38(37)49-3/h5-12,19-21,26,29,44H,13-18,23-24H2,1-4H3/t29-,50?/m1/s1. The number of phenolic OH excluding ortho intramolecular Hbond substituents is 1. The minimum Gasteiger partial charge on any atom is -0.508 e. The number of hydrogen-bond donors (Lipinski definition) is 1. The van der Waals surface area contributed by atoms with Gasteiger partial charge in [0.15, 0.2) is 0 Å². The minimum atomic E-state index is -1.21. The van der Waals surface area contributed by atoms with E-state index in [9.17, 15) is 24.2 Å². The number of likely N-dealkylation sites (tertiary alicyclic amines) is 1. The zero-order valence-electron chi connectivity index (χ0n) is 28.8. The molecule has 5 rings (SSSR count). The predicted molar refractivity (Wildman–Crippen MR) is 196 cm³/mol. The third-order valence-corrected chi connectivity index (χ3v) is 11.0. The van der Waals surface area contributed by atoms with E-state index in [0.29, 0.717) is 27.1 Å². The summed E-state index contributed by atoms with van der Waals surface area (Å²) in [5, 5.41) is 21.9. The highest BCUT2D eigenvalue weighted by atomic mass is 35.5. The molecule has 2 atom stereocenters. The number of esters is 1. The molecule has 9 nitrogen and oxygen atoms in total. The first kappa shape index (κ1) is 36.8. The molecule has 1 aliphatic rings. The van der Waals surface area contributed by atoms with Crippen molar-refractivity contribution < 1.29 is 28.4 Å². The fourth-order valence-corrected chi connectivity index (χ4v) is 7.88. The third kappa shape index (κ3) is 8.29. The van der Waals surface area contributed by atoms with Gasteiger partial charge in [0.1, 0.15) is 24.1 Å². The van der Waals surface area contributed by atoms with Crippen LogP contribution in [0.1, 0.15) is 63.7 Å². The van der Waals surface area contributed by atoms with Gasteiger partial charge in [0.2, 0.25) is 0 Å². The molecule has 0 aliphatic carbocycles. The summed E-state index contributed by atoms with van der Waals surface area (Å²) in [6, 6.07) is 22.2. The second kappa shape index (κ2) is 16.5. The number of rotatable bonds is 12. The molecule has 0 bridgehead atoms. The SMILES string of the molecule is COC(=O)CN(C[C@@H](CCN1CCC(c2ccc(O)cc2S(C)=O)CC1)c1ccc(C)c(Cl)c1)C(=O)c1c(OC)c(C#N)cc2ccccc12. The predicted octanol–water partition coefficient (Wildman–Crippen LogP) is 6.79. The number of carbonyl (C=O) groups is 2. The highest BCUT2D eigenvalue weighted by Crippen LogP contribution is 2.36. The lowest BCUT2D eigenvalue weighted by molar-refractivity contribution is -0.141. The first-order valence-electron chi connectivity index (χ1n) is 16.5. The highest BCUT2D eigenvalue weighted by Gasteiger charge is 2.30. The van der Waals surface area contributed by atoms with Gasteiger partial charge in [-0.1, -0.05) is 54.1 Å². The highest BCUT2D eigenvalue weighted by molar-refractivity contribution is 7.84. The molecule has 0 radical (unpaired) electrons. The van der Waals surface area contributed by atoms with E-state index in [0.717, 1.165) is 49.2 Å². The Morgan fingerprint density at radius 2 is 1.84 bits per heavy atom. The van der Waals surface area contributed by atoms with Crippen molar-refractivity contribution in [1.82, 2.24) is 9.80 Å². The number of fused-ring (bicyclic) bond motifs is 1. The van der Waals surface area contributed by atoms with Crippen molar-refractivity contribution in [2.75, 3.05) is 53.2 Å². The van der Waals surface area contributed by atoms with Gasteiger partial charge >= 0.3 is 5.97 Å². The molecule has 4 aromatic carbocycles. The van der Waals surface area contributed by atoms with Crippen LogP contribution in [-0.2, 0) is 20.3 Å². The zero-order valence-corrected chi connectivity index (χ0v) is 30.4. The molecular weight excluding hydrogens is 674 g/mol. The van der Waals surface area contributed by atoms with Crippen LogP contribution in [0.5, 0.6) is 11.5 Å². The number of piperidine rings is 1. The maximum atomic E-state index is 14.6. The van der Waals surface area contributed by atoms with Crippen LogP contribution in [0, 0.1) is 18.3 Å². The number of ether oxygens (including phenoxy) is 2. The largest absolute Gasteiger partial charge is 0.508 e. The summed E-state index contributed by atoms with van der Waals surface area (Å²) in [7, 11) is 1.51. The van der Waals surface area contributed by atoms with Gasteiger partial charge in [0, 0.05) is 28.6 Å². The Labute approximate surface area is 300 Å². The Hall–Kier alpha value is -4.43. The molecule has 1 saturated heterocycles. The second-order valence-electron chi connectivity index (χ2n) is 12.7. The number of amides is 1. The van der Waals surface area contributed by atoms with E-state index >= 15 is 0 Å². The van der Waals surface area contributed by atoms with Crippen LogP contribution in [-0.4, -0.2) is 84.2 Å². The van der Waals surface area contributed by atoms with E-state index in [4.69, 9.17) is 21.1 Å². The molecule has 0 spiro atoms. The summed E-state index contributed by atoms with van der Waals surface area (Å²) >= 11 is 6.62. The average molecular weight is 716 g/mol. The van der Waals surface area contributed by atoms with Crippen molar-refractivity contribution in [1.29, 1.82) is 5.26 Å². The van der Waals surface area contributed by atoms with Crippen LogP contribution in [0.25, 0.3) is 10.8 Å². The quantitative estimate of drug-likeness (QED) is 0.159. The van der Waals surface area contributed by atoms with Crippen molar-refractivity contribution in [3.8, 4) is 17.6 Å².